The van der Waals surface area contributed by atoms with Gasteiger partial charge in [0.1, 0.15) is 12.4 Å². The number of rotatable bonds is 7. The minimum Gasteiger partial charge on any atom is -0.489 e. The van der Waals surface area contributed by atoms with E-state index in [1.54, 1.807) is 43.6 Å². The van der Waals surface area contributed by atoms with Crippen LogP contribution in [0.4, 0.5) is 0 Å². The summed E-state index contributed by atoms with van der Waals surface area (Å²) in [4.78, 5) is 20.1. The molecule has 2 aromatic carbocycles. The Morgan fingerprint density at radius 1 is 1.15 bits per heavy atom. The number of ether oxygens (including phenoxy) is 1. The Bertz CT molecular complexity index is 967. The van der Waals surface area contributed by atoms with Crippen LogP contribution in [0.5, 0.6) is 5.75 Å². The molecule has 6 heteroatoms. The van der Waals surface area contributed by atoms with Crippen LogP contribution in [0, 0.1) is 11.3 Å². The third kappa shape index (κ3) is 5.16. The summed E-state index contributed by atoms with van der Waals surface area (Å²) in [6, 6.07) is 16.6. The normalized spacial score (nSPS) is 10.2. The van der Waals surface area contributed by atoms with Crippen LogP contribution in [0.25, 0.3) is 0 Å². The SMILES string of the molecule is CC(=O)c1ccc(OCc2ccc(C#N)cc2)c(CSc2ncccn2)c1. The van der Waals surface area contributed by atoms with Crippen molar-refractivity contribution in [1.82, 2.24) is 9.97 Å². The summed E-state index contributed by atoms with van der Waals surface area (Å²) < 4.78 is 5.97. The number of nitrogens with zero attached hydrogens (tertiary/aromatic N) is 3. The zero-order valence-corrected chi connectivity index (χ0v) is 15.6. The molecule has 3 aromatic rings. The fraction of sp³-hybridized carbons (Fsp3) is 0.143. The van der Waals surface area contributed by atoms with E-state index >= 15 is 0 Å². The molecule has 0 spiro atoms. The van der Waals surface area contributed by atoms with Gasteiger partial charge in [0.25, 0.3) is 0 Å². The van der Waals surface area contributed by atoms with Crippen LogP contribution in [0.15, 0.2) is 66.1 Å². The van der Waals surface area contributed by atoms with Crippen LogP contribution in [0.1, 0.15) is 34.0 Å². The van der Waals surface area contributed by atoms with Gasteiger partial charge >= 0.3 is 0 Å². The molecule has 5 nitrogen and oxygen atoms in total. The van der Waals surface area contributed by atoms with Crippen molar-refractivity contribution in [1.29, 1.82) is 5.26 Å². The minimum atomic E-state index is 0.0100. The molecule has 0 amide bonds. The predicted octanol–water partition coefficient (Wildman–Crippen LogP) is 4.42. The molecule has 0 saturated heterocycles. The Kier molecular flexibility index (Phi) is 6.18. The Hall–Kier alpha value is -3.17. The lowest BCUT2D eigenvalue weighted by atomic mass is 10.1. The molecule has 27 heavy (non-hydrogen) atoms. The average Bonchev–Trinajstić information content (AvgIpc) is 2.72. The molecule has 0 N–H and O–H groups in total. The van der Waals surface area contributed by atoms with Crippen molar-refractivity contribution in [2.45, 2.75) is 24.4 Å². The van der Waals surface area contributed by atoms with E-state index in [1.165, 1.54) is 11.8 Å². The number of aromatic nitrogens is 2. The van der Waals surface area contributed by atoms with Crippen LogP contribution in [0.3, 0.4) is 0 Å². The van der Waals surface area contributed by atoms with E-state index in [4.69, 9.17) is 10.00 Å². The largest absolute Gasteiger partial charge is 0.489 e. The molecular formula is C21H17N3O2S. The highest BCUT2D eigenvalue weighted by Gasteiger charge is 2.10. The van der Waals surface area contributed by atoms with E-state index in [2.05, 4.69) is 16.0 Å². The van der Waals surface area contributed by atoms with E-state index in [1.807, 2.05) is 24.3 Å². The van der Waals surface area contributed by atoms with E-state index in [0.717, 1.165) is 11.1 Å². The maximum atomic E-state index is 11.7. The summed E-state index contributed by atoms with van der Waals surface area (Å²) in [6.45, 7) is 1.93. The number of Topliss-reactive ketones (excluding diaryl/α,β-unsaturated/α-hetero) is 1. The van der Waals surface area contributed by atoms with Crippen LogP contribution in [0.2, 0.25) is 0 Å². The maximum Gasteiger partial charge on any atom is 0.187 e. The molecule has 0 aliphatic heterocycles. The van der Waals surface area contributed by atoms with E-state index < -0.39 is 0 Å². The third-order valence-electron chi connectivity index (χ3n) is 3.84. The number of nitriles is 1. The Balaban J connectivity index is 1.76. The van der Waals surface area contributed by atoms with E-state index in [0.29, 0.717) is 34.4 Å². The van der Waals surface area contributed by atoms with E-state index in [-0.39, 0.29) is 5.78 Å². The van der Waals surface area contributed by atoms with Crippen molar-refractivity contribution in [3.63, 3.8) is 0 Å². The van der Waals surface area contributed by atoms with E-state index in [9.17, 15) is 4.79 Å². The topological polar surface area (TPSA) is 75.9 Å². The summed E-state index contributed by atoms with van der Waals surface area (Å²) >= 11 is 1.49. The number of carbonyl (C=O) groups is 1. The first-order valence-electron chi connectivity index (χ1n) is 8.31. The van der Waals surface area contributed by atoms with Gasteiger partial charge < -0.3 is 4.74 Å². The summed E-state index contributed by atoms with van der Waals surface area (Å²) in [5.74, 6) is 1.32. The van der Waals surface area contributed by atoms with Gasteiger partial charge in [0.2, 0.25) is 0 Å². The number of carbonyl (C=O) groups excluding carboxylic acids is 1. The highest BCUT2D eigenvalue weighted by Crippen LogP contribution is 2.28. The van der Waals surface area contributed by atoms with Crippen LogP contribution in [-0.4, -0.2) is 15.8 Å². The van der Waals surface area contributed by atoms with Crippen LogP contribution in [-0.2, 0) is 12.4 Å². The highest BCUT2D eigenvalue weighted by atomic mass is 32.2. The van der Waals surface area contributed by atoms with Gasteiger partial charge in [0, 0.05) is 29.3 Å². The Morgan fingerprint density at radius 2 is 1.89 bits per heavy atom. The van der Waals surface area contributed by atoms with Gasteiger partial charge in [-0.15, -0.1) is 0 Å². The van der Waals surface area contributed by atoms with Gasteiger partial charge in [-0.2, -0.15) is 5.26 Å². The Morgan fingerprint density at radius 3 is 2.56 bits per heavy atom. The number of ketones is 1. The van der Waals surface area contributed by atoms with Crippen LogP contribution >= 0.6 is 11.8 Å². The standard InChI is InChI=1S/C21H17N3O2S/c1-15(25)18-7-8-20(26-13-17-5-3-16(12-22)4-6-17)19(11-18)14-27-21-23-9-2-10-24-21/h2-11H,13-14H2,1H3. The molecule has 0 fully saturated rings. The second-order valence-corrected chi connectivity index (χ2v) is 6.74. The fourth-order valence-corrected chi connectivity index (χ4v) is 3.17. The molecule has 0 aliphatic rings. The molecule has 1 aromatic heterocycles. The lowest BCUT2D eigenvalue weighted by Crippen LogP contribution is -2.01. The first-order valence-corrected chi connectivity index (χ1v) is 9.30. The van der Waals surface area contributed by atoms with Gasteiger partial charge in [0.05, 0.1) is 11.6 Å². The average molecular weight is 375 g/mol. The lowest BCUT2D eigenvalue weighted by Gasteiger charge is -2.12. The van der Waals surface area contributed by atoms with Crippen molar-refractivity contribution in [2.24, 2.45) is 0 Å². The molecular weight excluding hydrogens is 358 g/mol. The first-order chi connectivity index (χ1) is 13.2. The summed E-state index contributed by atoms with van der Waals surface area (Å²) in [6.07, 6.45) is 3.40. The first kappa shape index (κ1) is 18.6. The molecule has 0 aliphatic carbocycles. The minimum absolute atomic E-state index is 0.0100. The van der Waals surface area contributed by atoms with Crippen molar-refractivity contribution in [2.75, 3.05) is 0 Å². The summed E-state index contributed by atoms with van der Waals surface area (Å²) in [5.41, 5.74) is 3.14. The zero-order valence-electron chi connectivity index (χ0n) is 14.8. The molecule has 0 atom stereocenters. The molecule has 0 unspecified atom stereocenters. The maximum absolute atomic E-state index is 11.7. The van der Waals surface area contributed by atoms with Gasteiger partial charge in [-0.1, -0.05) is 23.9 Å². The predicted molar refractivity (Wildman–Crippen MR) is 104 cm³/mol. The summed E-state index contributed by atoms with van der Waals surface area (Å²) in [7, 11) is 0. The molecule has 134 valence electrons. The number of hydrogen-bond donors (Lipinski definition) is 0. The third-order valence-corrected chi connectivity index (χ3v) is 4.77. The van der Waals surface area contributed by atoms with Gasteiger partial charge in [-0.05, 0) is 48.9 Å². The summed E-state index contributed by atoms with van der Waals surface area (Å²) in [5, 5.41) is 9.55. The lowest BCUT2D eigenvalue weighted by molar-refractivity contribution is 0.101. The number of benzene rings is 2. The quantitative estimate of drug-likeness (QED) is 0.346. The smallest absolute Gasteiger partial charge is 0.187 e. The van der Waals surface area contributed by atoms with Gasteiger partial charge in [-0.3, -0.25) is 4.79 Å². The molecule has 0 radical (unpaired) electrons. The van der Waals surface area contributed by atoms with Crippen molar-refractivity contribution in [3.05, 3.63) is 83.2 Å². The number of thioether (sulfide) groups is 1. The highest BCUT2D eigenvalue weighted by molar-refractivity contribution is 7.98. The second-order valence-electron chi connectivity index (χ2n) is 5.80. The molecule has 3 rings (SSSR count). The number of hydrogen-bond acceptors (Lipinski definition) is 6. The van der Waals surface area contributed by atoms with Gasteiger partial charge in [0.15, 0.2) is 10.9 Å². The fourth-order valence-electron chi connectivity index (χ4n) is 2.39. The molecule has 0 bridgehead atoms. The zero-order chi connectivity index (χ0) is 19.1. The van der Waals surface area contributed by atoms with Crippen LogP contribution < -0.4 is 4.74 Å². The van der Waals surface area contributed by atoms with Gasteiger partial charge in [-0.25, -0.2) is 9.97 Å². The van der Waals surface area contributed by atoms with Crippen molar-refractivity contribution < 1.29 is 9.53 Å². The second kappa shape index (κ2) is 8.97. The Labute approximate surface area is 162 Å². The molecule has 1 heterocycles. The molecule has 0 saturated carbocycles. The van der Waals surface area contributed by atoms with Crippen molar-refractivity contribution >= 4 is 17.5 Å². The van der Waals surface area contributed by atoms with Crippen molar-refractivity contribution in [3.8, 4) is 11.8 Å². The monoisotopic (exact) mass is 375 g/mol.